The van der Waals surface area contributed by atoms with Gasteiger partial charge >= 0.3 is 0 Å². The van der Waals surface area contributed by atoms with E-state index in [0.29, 0.717) is 0 Å². The van der Waals surface area contributed by atoms with Crippen molar-refractivity contribution in [2.75, 3.05) is 0 Å². The molecule has 0 aromatic heterocycles. The third kappa shape index (κ3) is 10.5. The molecule has 1 atom stereocenters. The van der Waals surface area contributed by atoms with E-state index in [1.54, 1.807) is 0 Å². The van der Waals surface area contributed by atoms with Gasteiger partial charge in [0.25, 0.3) is 0 Å². The maximum Gasteiger partial charge on any atom is 0.213 e. The summed E-state index contributed by atoms with van der Waals surface area (Å²) in [5.74, 6) is -1.13. The van der Waals surface area contributed by atoms with Gasteiger partial charge in [-0.3, -0.25) is 9.59 Å². The maximum atomic E-state index is 10.4. The van der Waals surface area contributed by atoms with Gasteiger partial charge < -0.3 is 17.7 Å². The Morgan fingerprint density at radius 2 is 1.77 bits per heavy atom. The van der Waals surface area contributed by atoms with Crippen LogP contribution in [0.15, 0.2) is 0 Å². The molecular weight excluding hydrogens is 664 g/mol. The summed E-state index contributed by atoms with van der Waals surface area (Å²) in [6.45, 7) is 3.38. The van der Waals surface area contributed by atoms with Crippen LogP contribution < -0.4 is 5.32 Å². The van der Waals surface area contributed by atoms with Crippen LogP contribution in [-0.2, 0) is 23.4 Å². The van der Waals surface area contributed by atoms with Crippen molar-refractivity contribution in [3.05, 3.63) is 6.92 Å². The van der Waals surface area contributed by atoms with Crippen molar-refractivity contribution >= 4 is 56.2 Å². The van der Waals surface area contributed by atoms with Crippen molar-refractivity contribution in [2.24, 2.45) is 0 Å². The standard InChI is InChI=1S/C4H4BNO2.I2.H2O.U.V/c1-2-3(7)6-4(8)5-2;1-2;;;/h2H,1H2,(H,6,7,8);;1H2;;/q-1;;;;. The summed E-state index contributed by atoms with van der Waals surface area (Å²) in [5.41, 5.74) is 0. The quantitative estimate of drug-likeness (QED) is 0.232. The minimum atomic E-state index is -0.484. The fourth-order valence-corrected chi connectivity index (χ4v) is 0.514. The van der Waals surface area contributed by atoms with E-state index in [1.165, 1.54) is 7.28 Å². The molecule has 13 heavy (non-hydrogen) atoms. The molecule has 1 fully saturated rings. The number of rotatable bonds is 0. The Labute approximate surface area is 137 Å². The predicted octanol–water partition coefficient (Wildman–Crippen LogP) is 0.507. The van der Waals surface area contributed by atoms with E-state index in [-0.39, 0.29) is 66.9 Å². The Morgan fingerprint density at radius 3 is 1.85 bits per heavy atom. The fourth-order valence-electron chi connectivity index (χ4n) is 0.514. The fraction of sp³-hybridized carbons (Fsp3) is 0.250. The second-order valence-electron chi connectivity index (χ2n) is 1.63. The van der Waals surface area contributed by atoms with Gasteiger partial charge in [0.15, 0.2) is 11.7 Å². The molecule has 1 aliphatic heterocycles. The Kier molecular flexibility index (Phi) is 26.9. The maximum absolute atomic E-state index is 10.4. The number of halogens is 2. The first-order valence-electron chi connectivity index (χ1n) is 2.37. The summed E-state index contributed by atoms with van der Waals surface area (Å²) in [5, 5.41) is 2.07. The number of imide groups is 1. The molecule has 1 aliphatic rings. The van der Waals surface area contributed by atoms with Gasteiger partial charge in [-0.15, -0.1) is 5.82 Å². The zero-order chi connectivity index (χ0) is 8.15. The Hall–Kier alpha value is 2.26. The molecule has 2 amide bonds. The first-order chi connectivity index (χ1) is 4.70. The molecule has 1 saturated heterocycles. The molecule has 1 heterocycles. The van der Waals surface area contributed by atoms with Crippen LogP contribution in [0.25, 0.3) is 0 Å². The van der Waals surface area contributed by atoms with Crippen molar-refractivity contribution < 1.29 is 64.7 Å². The van der Waals surface area contributed by atoms with E-state index >= 15 is 0 Å². The number of carbonyl (C=O) groups is 2. The first kappa shape index (κ1) is 24.5. The summed E-state index contributed by atoms with van der Waals surface area (Å²) in [7, 11) is 1.25. The normalized spacial score (nSPS) is 17.3. The van der Waals surface area contributed by atoms with E-state index in [9.17, 15) is 9.59 Å². The Morgan fingerprint density at radius 1 is 1.38 bits per heavy atom. The second kappa shape index (κ2) is 14.3. The van der Waals surface area contributed by atoms with Gasteiger partial charge in [-0.05, 0) is 0 Å². The summed E-state index contributed by atoms with van der Waals surface area (Å²) in [6.07, 6.45) is 0. The molecule has 0 aliphatic carbocycles. The predicted molar refractivity (Wildman–Crippen MR) is 60.1 cm³/mol. The molecule has 0 saturated carbocycles. The molecule has 1 rings (SSSR count). The van der Waals surface area contributed by atoms with Gasteiger partial charge in [0.05, 0.1) is 0 Å². The molecule has 2 radical (unpaired) electrons. The molecule has 72 valence electrons. The van der Waals surface area contributed by atoms with Gasteiger partial charge in [-0.2, -0.15) is 0 Å². The zero-order valence-corrected chi connectivity index (χ0v) is 16.3. The molecule has 4 nitrogen and oxygen atoms in total. The van der Waals surface area contributed by atoms with E-state index < -0.39 is 5.82 Å². The minimum absolute atomic E-state index is 0. The van der Waals surface area contributed by atoms with Gasteiger partial charge in [0, 0.05) is 86.9 Å². The molecule has 9 heteroatoms. The Balaban J connectivity index is -0.0000000761. The third-order valence-electron chi connectivity index (χ3n) is 0.936. The van der Waals surface area contributed by atoms with Crippen molar-refractivity contribution in [3.63, 3.8) is 0 Å². The van der Waals surface area contributed by atoms with E-state index in [4.69, 9.17) is 0 Å². The number of nitrogens with one attached hydrogen (secondary N) is 1. The van der Waals surface area contributed by atoms with E-state index in [2.05, 4.69) is 49.5 Å². The minimum Gasteiger partial charge on any atom is -0.412 e. The van der Waals surface area contributed by atoms with Crippen molar-refractivity contribution in [2.45, 2.75) is 5.82 Å². The summed E-state index contributed by atoms with van der Waals surface area (Å²) in [4.78, 5) is 20.6. The van der Waals surface area contributed by atoms with Gasteiger partial charge in [0.1, 0.15) is 0 Å². The molecule has 0 aromatic carbocycles. The number of carbonyl (C=O) groups excluding carboxylic acids is 2. The van der Waals surface area contributed by atoms with Crippen molar-refractivity contribution in [1.29, 1.82) is 0 Å². The summed E-state index contributed by atoms with van der Waals surface area (Å²) >= 11 is 4.24. The average molecular weight is 670 g/mol. The van der Waals surface area contributed by atoms with Crippen LogP contribution in [0.3, 0.4) is 0 Å². The summed E-state index contributed by atoms with van der Waals surface area (Å²) in [6, 6.07) is 0. The molecular formula is C4H6BI2NO3UV-. The first-order valence-corrected chi connectivity index (χ1v) is 8.66. The van der Waals surface area contributed by atoms with E-state index in [0.717, 1.165) is 0 Å². The molecule has 0 bridgehead atoms. The largest absolute Gasteiger partial charge is 0.412 e. The van der Waals surface area contributed by atoms with Crippen LogP contribution in [-0.4, -0.2) is 24.5 Å². The molecule has 0 aromatic rings. The number of amides is 2. The van der Waals surface area contributed by atoms with Crippen molar-refractivity contribution in [1.82, 2.24) is 5.32 Å². The molecule has 0 spiro atoms. The van der Waals surface area contributed by atoms with Crippen LogP contribution in [0, 0.1) is 38.0 Å². The molecule has 1 unspecified atom stereocenters. The van der Waals surface area contributed by atoms with Crippen LogP contribution in [0.2, 0.25) is 5.82 Å². The monoisotopic (exact) mass is 670 g/mol. The number of hydrogen-bond donors (Lipinski definition) is 1. The van der Waals surface area contributed by atoms with E-state index in [1.807, 2.05) is 0 Å². The average Bonchev–Trinajstić information content (AvgIpc) is 2.16. The molecule has 3 N–H and O–H groups in total. The van der Waals surface area contributed by atoms with Crippen LogP contribution >= 0.6 is 37.2 Å². The van der Waals surface area contributed by atoms with Gasteiger partial charge in [0.2, 0.25) is 7.28 Å². The SMILES string of the molecule is II.O.[CH2-]C1[B]C(=O)NC1=O.[U].[V]. The topological polar surface area (TPSA) is 77.7 Å². The zero-order valence-electron chi connectivity index (χ0n) is 6.38. The Bertz CT molecular complexity index is 164. The van der Waals surface area contributed by atoms with Crippen molar-refractivity contribution in [3.8, 4) is 0 Å². The number of hydrogen-bond acceptors (Lipinski definition) is 2. The smallest absolute Gasteiger partial charge is 0.213 e. The third-order valence-corrected chi connectivity index (χ3v) is 0.936. The van der Waals surface area contributed by atoms with Gasteiger partial charge in [-0.1, -0.05) is 0 Å². The van der Waals surface area contributed by atoms with Crippen LogP contribution in [0.4, 0.5) is 4.79 Å². The second-order valence-corrected chi connectivity index (χ2v) is 1.63. The van der Waals surface area contributed by atoms with Gasteiger partial charge in [-0.25, -0.2) is 0 Å². The van der Waals surface area contributed by atoms with Crippen LogP contribution in [0.5, 0.6) is 0 Å². The van der Waals surface area contributed by atoms with Crippen LogP contribution in [0.1, 0.15) is 0 Å². The summed E-state index contributed by atoms with van der Waals surface area (Å²) < 4.78 is 0.